The first-order valence-electron chi connectivity index (χ1n) is 3.43. The highest BCUT2D eigenvalue weighted by Crippen LogP contribution is 2.24. The standard InChI is InChI=1S/C8H3Cl2NO2/c9-4-2-1-3-5-6(4)13-8(11-5)7(10)12/h1-3H. The largest absolute Gasteiger partial charge is 0.431 e. The van der Waals surface area contributed by atoms with Crippen LogP contribution in [0.4, 0.5) is 0 Å². The molecule has 0 fully saturated rings. The summed E-state index contributed by atoms with van der Waals surface area (Å²) in [5.74, 6) is -0.134. The normalized spacial score (nSPS) is 10.6. The minimum Gasteiger partial charge on any atom is -0.431 e. The smallest absolute Gasteiger partial charge is 0.307 e. The Morgan fingerprint density at radius 3 is 2.85 bits per heavy atom. The number of oxazole rings is 1. The van der Waals surface area contributed by atoms with Crippen LogP contribution in [0.15, 0.2) is 22.6 Å². The Hall–Kier alpha value is -1.06. The Kier molecular flexibility index (Phi) is 1.98. The van der Waals surface area contributed by atoms with Gasteiger partial charge in [-0.1, -0.05) is 17.7 Å². The number of para-hydroxylation sites is 1. The van der Waals surface area contributed by atoms with Gasteiger partial charge in [0.1, 0.15) is 5.52 Å². The summed E-state index contributed by atoms with van der Waals surface area (Å²) in [7, 11) is 0. The first-order chi connectivity index (χ1) is 6.18. The van der Waals surface area contributed by atoms with Crippen molar-refractivity contribution in [2.45, 2.75) is 0 Å². The van der Waals surface area contributed by atoms with Crippen molar-refractivity contribution in [1.82, 2.24) is 4.98 Å². The average molecular weight is 216 g/mol. The van der Waals surface area contributed by atoms with Crippen LogP contribution in [-0.4, -0.2) is 10.2 Å². The van der Waals surface area contributed by atoms with E-state index in [1.54, 1.807) is 18.2 Å². The number of rotatable bonds is 1. The van der Waals surface area contributed by atoms with Gasteiger partial charge in [-0.05, 0) is 23.7 Å². The summed E-state index contributed by atoms with van der Waals surface area (Å²) in [6.45, 7) is 0. The second-order valence-electron chi connectivity index (χ2n) is 2.38. The molecule has 1 aromatic carbocycles. The minimum atomic E-state index is -0.729. The zero-order valence-corrected chi connectivity index (χ0v) is 7.76. The highest BCUT2D eigenvalue weighted by molar-refractivity contribution is 6.67. The number of hydrogen-bond acceptors (Lipinski definition) is 3. The molecular formula is C8H3Cl2NO2. The molecule has 0 saturated heterocycles. The van der Waals surface area contributed by atoms with E-state index < -0.39 is 5.24 Å². The quantitative estimate of drug-likeness (QED) is 0.688. The maximum atomic E-state index is 10.7. The van der Waals surface area contributed by atoms with Crippen molar-refractivity contribution in [2.24, 2.45) is 0 Å². The average Bonchev–Trinajstić information content (AvgIpc) is 2.49. The summed E-state index contributed by atoms with van der Waals surface area (Å²) in [6, 6.07) is 5.06. The predicted molar refractivity (Wildman–Crippen MR) is 49.2 cm³/mol. The van der Waals surface area contributed by atoms with E-state index in [4.69, 9.17) is 27.6 Å². The van der Waals surface area contributed by atoms with Crippen LogP contribution >= 0.6 is 23.2 Å². The Balaban J connectivity index is 2.75. The molecule has 0 atom stereocenters. The number of nitrogens with zero attached hydrogens (tertiary/aromatic N) is 1. The Bertz CT molecular complexity index is 478. The zero-order valence-electron chi connectivity index (χ0n) is 6.25. The predicted octanol–water partition coefficient (Wildman–Crippen LogP) is 2.86. The Labute approximate surface area is 83.3 Å². The van der Waals surface area contributed by atoms with Gasteiger partial charge in [-0.2, -0.15) is 0 Å². The van der Waals surface area contributed by atoms with E-state index in [1.807, 2.05) is 0 Å². The van der Waals surface area contributed by atoms with Gasteiger partial charge < -0.3 is 4.42 Å². The Morgan fingerprint density at radius 1 is 1.46 bits per heavy atom. The van der Waals surface area contributed by atoms with Crippen LogP contribution in [0.2, 0.25) is 5.02 Å². The number of benzene rings is 1. The van der Waals surface area contributed by atoms with Gasteiger partial charge in [-0.15, -0.1) is 0 Å². The van der Waals surface area contributed by atoms with E-state index in [-0.39, 0.29) is 5.89 Å². The summed E-state index contributed by atoms with van der Waals surface area (Å²) in [6.07, 6.45) is 0. The van der Waals surface area contributed by atoms with Crippen LogP contribution in [0.3, 0.4) is 0 Å². The van der Waals surface area contributed by atoms with E-state index in [0.29, 0.717) is 16.1 Å². The van der Waals surface area contributed by atoms with Crippen molar-refractivity contribution in [2.75, 3.05) is 0 Å². The molecule has 2 aromatic rings. The molecule has 1 aromatic heterocycles. The van der Waals surface area contributed by atoms with Gasteiger partial charge in [0.05, 0.1) is 5.02 Å². The molecular weight excluding hydrogens is 213 g/mol. The third-order valence-corrected chi connectivity index (χ3v) is 1.99. The van der Waals surface area contributed by atoms with Crippen LogP contribution in [0.25, 0.3) is 11.1 Å². The van der Waals surface area contributed by atoms with Gasteiger partial charge in [0, 0.05) is 0 Å². The molecule has 0 radical (unpaired) electrons. The van der Waals surface area contributed by atoms with E-state index in [9.17, 15) is 4.79 Å². The number of aromatic nitrogens is 1. The van der Waals surface area contributed by atoms with Crippen LogP contribution in [-0.2, 0) is 0 Å². The zero-order chi connectivity index (χ0) is 9.42. The molecule has 1 heterocycles. The van der Waals surface area contributed by atoms with Crippen LogP contribution in [0, 0.1) is 0 Å². The molecule has 0 bridgehead atoms. The number of carbonyl (C=O) groups excluding carboxylic acids is 1. The van der Waals surface area contributed by atoms with Gasteiger partial charge in [-0.25, -0.2) is 4.98 Å². The summed E-state index contributed by atoms with van der Waals surface area (Å²) >= 11 is 11.0. The summed E-state index contributed by atoms with van der Waals surface area (Å²) in [4.78, 5) is 14.5. The number of fused-ring (bicyclic) bond motifs is 1. The van der Waals surface area contributed by atoms with Gasteiger partial charge in [0.15, 0.2) is 5.58 Å². The van der Waals surface area contributed by atoms with Gasteiger partial charge in [0.2, 0.25) is 0 Å². The molecule has 5 heteroatoms. The molecule has 0 aliphatic heterocycles. The van der Waals surface area contributed by atoms with Crippen LogP contribution in [0.1, 0.15) is 10.7 Å². The van der Waals surface area contributed by atoms with Crippen molar-refractivity contribution < 1.29 is 9.21 Å². The van der Waals surface area contributed by atoms with Gasteiger partial charge in [0.25, 0.3) is 5.89 Å². The van der Waals surface area contributed by atoms with E-state index >= 15 is 0 Å². The molecule has 0 spiro atoms. The van der Waals surface area contributed by atoms with Crippen LogP contribution in [0.5, 0.6) is 0 Å². The second kappa shape index (κ2) is 3.01. The molecule has 0 amide bonds. The molecule has 0 saturated carbocycles. The first-order valence-corrected chi connectivity index (χ1v) is 4.19. The van der Waals surface area contributed by atoms with Crippen molar-refractivity contribution in [3.05, 3.63) is 29.1 Å². The van der Waals surface area contributed by atoms with Crippen molar-refractivity contribution in [1.29, 1.82) is 0 Å². The monoisotopic (exact) mass is 215 g/mol. The van der Waals surface area contributed by atoms with Crippen molar-refractivity contribution >= 4 is 39.5 Å². The third-order valence-electron chi connectivity index (χ3n) is 1.54. The van der Waals surface area contributed by atoms with Gasteiger partial charge >= 0.3 is 5.24 Å². The molecule has 0 unspecified atom stereocenters. The molecule has 2 rings (SSSR count). The topological polar surface area (TPSA) is 43.1 Å². The SMILES string of the molecule is O=C(Cl)c1nc2cccc(Cl)c2o1. The molecule has 13 heavy (non-hydrogen) atoms. The van der Waals surface area contributed by atoms with E-state index in [1.165, 1.54) is 0 Å². The minimum absolute atomic E-state index is 0.134. The fraction of sp³-hybridized carbons (Fsp3) is 0. The lowest BCUT2D eigenvalue weighted by molar-refractivity contribution is 0.105. The fourth-order valence-electron chi connectivity index (χ4n) is 1.000. The summed E-state index contributed by atoms with van der Waals surface area (Å²) < 4.78 is 5.04. The highest BCUT2D eigenvalue weighted by atomic mass is 35.5. The second-order valence-corrected chi connectivity index (χ2v) is 3.13. The molecule has 0 aliphatic carbocycles. The molecule has 66 valence electrons. The number of hydrogen-bond donors (Lipinski definition) is 0. The highest BCUT2D eigenvalue weighted by Gasteiger charge is 2.12. The number of carbonyl (C=O) groups is 1. The van der Waals surface area contributed by atoms with E-state index in [0.717, 1.165) is 0 Å². The number of halogens is 2. The van der Waals surface area contributed by atoms with Crippen molar-refractivity contribution in [3.8, 4) is 0 Å². The van der Waals surface area contributed by atoms with E-state index in [2.05, 4.69) is 4.98 Å². The fourth-order valence-corrected chi connectivity index (χ4v) is 1.29. The maximum Gasteiger partial charge on any atom is 0.307 e. The molecule has 0 aliphatic rings. The lowest BCUT2D eigenvalue weighted by Gasteiger charge is -1.87. The van der Waals surface area contributed by atoms with Gasteiger partial charge in [-0.3, -0.25) is 4.79 Å². The molecule has 3 nitrogen and oxygen atoms in total. The third kappa shape index (κ3) is 1.41. The van der Waals surface area contributed by atoms with Crippen LogP contribution < -0.4 is 0 Å². The lowest BCUT2D eigenvalue weighted by atomic mass is 10.3. The molecule has 0 N–H and O–H groups in total. The Morgan fingerprint density at radius 2 is 2.23 bits per heavy atom. The maximum absolute atomic E-state index is 10.7. The van der Waals surface area contributed by atoms with Crippen molar-refractivity contribution in [3.63, 3.8) is 0 Å². The first kappa shape index (κ1) is 8.53. The lowest BCUT2D eigenvalue weighted by Crippen LogP contribution is -1.85. The summed E-state index contributed by atoms with van der Waals surface area (Å²) in [5.41, 5.74) is 0.907. The summed E-state index contributed by atoms with van der Waals surface area (Å²) in [5, 5.41) is -0.318.